The predicted octanol–water partition coefficient (Wildman–Crippen LogP) is 4.01. The fraction of sp³-hybridized carbons (Fsp3) is 0.350. The van der Waals surface area contributed by atoms with Crippen LogP contribution in [0.5, 0.6) is 0 Å². The van der Waals surface area contributed by atoms with Gasteiger partial charge in [-0.3, -0.25) is 9.52 Å². The lowest BCUT2D eigenvalue weighted by molar-refractivity contribution is -0.118. The summed E-state index contributed by atoms with van der Waals surface area (Å²) in [6.45, 7) is 4.27. The third-order valence-electron chi connectivity index (χ3n) is 4.71. The SMILES string of the molecule is CCCCN1C(=O)CCc2cc(NS(=O)(=O)c3ccc(F)c(C)c3)ccc21. The molecule has 0 unspecified atom stereocenters. The number of benzene rings is 2. The number of halogens is 1. The molecule has 0 aliphatic carbocycles. The molecule has 1 amide bonds. The Balaban J connectivity index is 1.86. The average Bonchev–Trinajstić information content (AvgIpc) is 2.63. The van der Waals surface area contributed by atoms with Crippen LogP contribution >= 0.6 is 0 Å². The maximum Gasteiger partial charge on any atom is 0.261 e. The number of carbonyl (C=O) groups is 1. The molecule has 0 bridgehead atoms. The van der Waals surface area contributed by atoms with Crippen LogP contribution in [0.15, 0.2) is 41.3 Å². The number of unbranched alkanes of at least 4 members (excludes halogenated alkanes) is 1. The summed E-state index contributed by atoms with van der Waals surface area (Å²) >= 11 is 0. The number of hydrogen-bond acceptors (Lipinski definition) is 3. The minimum absolute atomic E-state index is 0.0128. The Kier molecular flexibility index (Phi) is 5.51. The number of carbonyl (C=O) groups excluding carboxylic acids is 1. The minimum Gasteiger partial charge on any atom is -0.312 e. The van der Waals surface area contributed by atoms with Gasteiger partial charge in [-0.2, -0.15) is 0 Å². The van der Waals surface area contributed by atoms with Gasteiger partial charge in [-0.1, -0.05) is 13.3 Å². The molecule has 1 N–H and O–H groups in total. The Labute approximate surface area is 159 Å². The molecule has 2 aromatic carbocycles. The molecule has 0 spiro atoms. The van der Waals surface area contributed by atoms with Crippen molar-refractivity contribution in [2.45, 2.75) is 44.4 Å². The molecule has 5 nitrogen and oxygen atoms in total. The van der Waals surface area contributed by atoms with Gasteiger partial charge in [0.2, 0.25) is 5.91 Å². The van der Waals surface area contributed by atoms with E-state index in [1.54, 1.807) is 23.1 Å². The van der Waals surface area contributed by atoms with Crippen LogP contribution in [0.25, 0.3) is 0 Å². The maximum atomic E-state index is 13.4. The smallest absolute Gasteiger partial charge is 0.261 e. The fourth-order valence-corrected chi connectivity index (χ4v) is 4.32. The molecular formula is C20H23FN2O3S. The van der Waals surface area contributed by atoms with Gasteiger partial charge in [0.1, 0.15) is 5.82 Å². The van der Waals surface area contributed by atoms with Crippen LogP contribution < -0.4 is 9.62 Å². The molecule has 1 aliphatic heterocycles. The third-order valence-corrected chi connectivity index (χ3v) is 6.09. The topological polar surface area (TPSA) is 66.5 Å². The second kappa shape index (κ2) is 7.68. The number of anilines is 2. The summed E-state index contributed by atoms with van der Waals surface area (Å²) in [6, 6.07) is 8.91. The highest BCUT2D eigenvalue weighted by Crippen LogP contribution is 2.31. The van der Waals surface area contributed by atoms with Gasteiger partial charge in [-0.15, -0.1) is 0 Å². The number of sulfonamides is 1. The van der Waals surface area contributed by atoms with Crippen LogP contribution in [0.3, 0.4) is 0 Å². The summed E-state index contributed by atoms with van der Waals surface area (Å²) in [4.78, 5) is 14.0. The molecule has 3 rings (SSSR count). The second-order valence-electron chi connectivity index (χ2n) is 6.76. The highest BCUT2D eigenvalue weighted by atomic mass is 32.2. The Hall–Kier alpha value is -2.41. The summed E-state index contributed by atoms with van der Waals surface area (Å²) in [5.74, 6) is -0.342. The molecule has 0 aromatic heterocycles. The van der Waals surface area contributed by atoms with Crippen molar-refractivity contribution in [3.63, 3.8) is 0 Å². The van der Waals surface area contributed by atoms with Gasteiger partial charge < -0.3 is 4.90 Å². The van der Waals surface area contributed by atoms with Crippen LogP contribution in [0.2, 0.25) is 0 Å². The van der Waals surface area contributed by atoms with Crippen molar-refractivity contribution < 1.29 is 17.6 Å². The molecule has 7 heteroatoms. The number of rotatable bonds is 6. The lowest BCUT2D eigenvalue weighted by atomic mass is 10.00. The van der Waals surface area contributed by atoms with Crippen LogP contribution in [0.4, 0.5) is 15.8 Å². The zero-order chi connectivity index (χ0) is 19.6. The highest BCUT2D eigenvalue weighted by Gasteiger charge is 2.24. The number of fused-ring (bicyclic) bond motifs is 1. The third kappa shape index (κ3) is 4.13. The van der Waals surface area contributed by atoms with Crippen molar-refractivity contribution in [1.29, 1.82) is 0 Å². The summed E-state index contributed by atoms with van der Waals surface area (Å²) in [7, 11) is -3.81. The van der Waals surface area contributed by atoms with E-state index in [2.05, 4.69) is 11.6 Å². The van der Waals surface area contributed by atoms with Gasteiger partial charge in [0.05, 0.1) is 4.90 Å². The molecular weight excluding hydrogens is 367 g/mol. The van der Waals surface area contributed by atoms with E-state index >= 15 is 0 Å². The molecule has 2 aromatic rings. The van der Waals surface area contributed by atoms with E-state index < -0.39 is 15.8 Å². The van der Waals surface area contributed by atoms with Crippen molar-refractivity contribution in [1.82, 2.24) is 0 Å². The first-order valence-electron chi connectivity index (χ1n) is 9.04. The highest BCUT2D eigenvalue weighted by molar-refractivity contribution is 7.92. The van der Waals surface area contributed by atoms with Crippen molar-refractivity contribution in [3.8, 4) is 0 Å². The predicted molar refractivity (Wildman–Crippen MR) is 104 cm³/mol. The lowest BCUT2D eigenvalue weighted by Crippen LogP contribution is -2.35. The van der Waals surface area contributed by atoms with E-state index in [1.807, 2.05) is 0 Å². The summed E-state index contributed by atoms with van der Waals surface area (Å²) in [5.41, 5.74) is 2.50. The average molecular weight is 390 g/mol. The van der Waals surface area contributed by atoms with Crippen LogP contribution in [-0.2, 0) is 21.2 Å². The van der Waals surface area contributed by atoms with E-state index in [4.69, 9.17) is 0 Å². The van der Waals surface area contributed by atoms with Gasteiger partial charge >= 0.3 is 0 Å². The second-order valence-corrected chi connectivity index (χ2v) is 8.44. The molecule has 144 valence electrons. The first kappa shape index (κ1) is 19.4. The van der Waals surface area contributed by atoms with Crippen LogP contribution in [0.1, 0.15) is 37.3 Å². The largest absolute Gasteiger partial charge is 0.312 e. The summed E-state index contributed by atoms with van der Waals surface area (Å²) in [5, 5.41) is 0. The van der Waals surface area contributed by atoms with Crippen molar-refractivity contribution in [2.75, 3.05) is 16.2 Å². The van der Waals surface area contributed by atoms with Gasteiger partial charge in [-0.25, -0.2) is 12.8 Å². The van der Waals surface area contributed by atoms with E-state index in [-0.39, 0.29) is 16.4 Å². The Morgan fingerprint density at radius 2 is 1.93 bits per heavy atom. The van der Waals surface area contributed by atoms with E-state index in [0.29, 0.717) is 25.1 Å². The van der Waals surface area contributed by atoms with Crippen molar-refractivity contribution in [2.24, 2.45) is 0 Å². The van der Waals surface area contributed by atoms with E-state index in [9.17, 15) is 17.6 Å². The zero-order valence-electron chi connectivity index (χ0n) is 15.5. The monoisotopic (exact) mass is 390 g/mol. The van der Waals surface area contributed by atoms with Gasteiger partial charge in [0.15, 0.2) is 0 Å². The standard InChI is InChI=1S/C20H23FN2O3S/c1-3-4-11-23-19-9-6-16(13-15(19)5-10-20(23)24)22-27(25,26)17-7-8-18(21)14(2)12-17/h6-9,12-13,22H,3-5,10-11H2,1-2H3. The molecule has 0 atom stereocenters. The van der Waals surface area contributed by atoms with E-state index in [1.165, 1.54) is 19.1 Å². The summed E-state index contributed by atoms with van der Waals surface area (Å²) in [6.07, 6.45) is 2.92. The molecule has 0 radical (unpaired) electrons. The van der Waals surface area contributed by atoms with Gasteiger partial charge in [0, 0.05) is 24.3 Å². The molecule has 0 saturated heterocycles. The van der Waals surface area contributed by atoms with Crippen molar-refractivity contribution in [3.05, 3.63) is 53.3 Å². The fourth-order valence-electron chi connectivity index (χ4n) is 3.18. The Bertz CT molecular complexity index is 973. The molecule has 0 saturated carbocycles. The first-order valence-corrected chi connectivity index (χ1v) is 10.5. The summed E-state index contributed by atoms with van der Waals surface area (Å²) < 4.78 is 41.1. The zero-order valence-corrected chi connectivity index (χ0v) is 16.3. The van der Waals surface area contributed by atoms with Gasteiger partial charge in [0.25, 0.3) is 10.0 Å². The van der Waals surface area contributed by atoms with Gasteiger partial charge in [-0.05, 0) is 67.3 Å². The van der Waals surface area contributed by atoms with Crippen LogP contribution in [0, 0.1) is 12.7 Å². The quantitative estimate of drug-likeness (QED) is 0.810. The molecule has 1 heterocycles. The molecule has 0 fully saturated rings. The first-order chi connectivity index (χ1) is 12.8. The number of aryl methyl sites for hydroxylation is 2. The number of amides is 1. The Morgan fingerprint density at radius 3 is 2.63 bits per heavy atom. The van der Waals surface area contributed by atoms with Crippen molar-refractivity contribution >= 4 is 27.3 Å². The number of nitrogens with one attached hydrogen (secondary N) is 1. The number of hydrogen-bond donors (Lipinski definition) is 1. The molecule has 27 heavy (non-hydrogen) atoms. The Morgan fingerprint density at radius 1 is 1.15 bits per heavy atom. The normalized spacial score (nSPS) is 14.2. The molecule has 1 aliphatic rings. The lowest BCUT2D eigenvalue weighted by Gasteiger charge is -2.29. The number of nitrogens with zero attached hydrogens (tertiary/aromatic N) is 1. The van der Waals surface area contributed by atoms with E-state index in [0.717, 1.165) is 30.2 Å². The minimum atomic E-state index is -3.81. The maximum absolute atomic E-state index is 13.4. The van der Waals surface area contributed by atoms with Crippen LogP contribution in [-0.4, -0.2) is 20.9 Å².